The number of aromatic nitrogens is 2. The van der Waals surface area contributed by atoms with E-state index in [0.29, 0.717) is 10.7 Å². The fourth-order valence-corrected chi connectivity index (χ4v) is 3.74. The first-order valence-electron chi connectivity index (χ1n) is 6.57. The van der Waals surface area contributed by atoms with E-state index in [-0.39, 0.29) is 11.9 Å². The van der Waals surface area contributed by atoms with E-state index in [2.05, 4.69) is 14.7 Å². The highest BCUT2D eigenvalue weighted by Gasteiger charge is 2.15. The zero-order valence-electron chi connectivity index (χ0n) is 12.3. The van der Waals surface area contributed by atoms with Gasteiger partial charge in [0, 0.05) is 19.5 Å². The molecule has 0 spiro atoms. The van der Waals surface area contributed by atoms with E-state index in [1.54, 1.807) is 31.5 Å². The Morgan fingerprint density at radius 2 is 2.00 bits per heavy atom. The van der Waals surface area contributed by atoms with Crippen LogP contribution in [0.4, 0.5) is 5.69 Å². The molecule has 1 N–H and O–H groups in total. The molecule has 1 atom stereocenters. The summed E-state index contributed by atoms with van der Waals surface area (Å²) in [4.78, 5) is 8.40. The van der Waals surface area contributed by atoms with Gasteiger partial charge >= 0.3 is 0 Å². The number of ether oxygens (including phenoxy) is 1. The maximum Gasteiger partial charge on any atom is 0.235 e. The van der Waals surface area contributed by atoms with Crippen LogP contribution in [0.15, 0.2) is 52.8 Å². The minimum Gasteiger partial charge on any atom is -0.381 e. The highest BCUT2D eigenvalue weighted by molar-refractivity contribution is 7.99. The van der Waals surface area contributed by atoms with Gasteiger partial charge in [-0.1, -0.05) is 17.8 Å². The summed E-state index contributed by atoms with van der Waals surface area (Å²) in [7, 11) is -1.98. The third-order valence-electron chi connectivity index (χ3n) is 2.71. The molecule has 2 rings (SSSR count). The summed E-state index contributed by atoms with van der Waals surface area (Å²) < 4.78 is 31.5. The number of nitrogens with zero attached hydrogens (tertiary/aromatic N) is 2. The summed E-state index contributed by atoms with van der Waals surface area (Å²) in [5, 5.41) is 1.46. The predicted molar refractivity (Wildman–Crippen MR) is 86.5 cm³/mol. The number of hydrogen-bond acceptors (Lipinski definition) is 6. The molecule has 8 heteroatoms. The maximum absolute atomic E-state index is 12.0. The third-order valence-corrected chi connectivity index (χ3v) is 5.05. The molecule has 0 unspecified atom stereocenters. The summed E-state index contributed by atoms with van der Waals surface area (Å²) >= 11 is 1.36. The smallest absolute Gasteiger partial charge is 0.235 e. The van der Waals surface area contributed by atoms with Crippen molar-refractivity contribution in [3.05, 3.63) is 42.7 Å². The molecule has 0 aliphatic carbocycles. The van der Waals surface area contributed by atoms with Gasteiger partial charge in [-0.05, 0) is 31.2 Å². The van der Waals surface area contributed by atoms with Gasteiger partial charge < -0.3 is 4.74 Å². The molecule has 0 aliphatic rings. The van der Waals surface area contributed by atoms with Crippen molar-refractivity contribution in [2.45, 2.75) is 23.1 Å². The first-order chi connectivity index (χ1) is 10.5. The maximum atomic E-state index is 12.0. The Morgan fingerprint density at radius 3 is 2.68 bits per heavy atom. The Bertz CT molecular complexity index is 708. The molecule has 2 heterocycles. The summed E-state index contributed by atoms with van der Waals surface area (Å²) in [6.45, 7) is 1.70. The predicted octanol–water partition coefficient (Wildman–Crippen LogP) is 2.40. The molecule has 118 valence electrons. The summed E-state index contributed by atoms with van der Waals surface area (Å²) in [5.41, 5.74) is 0.469. The number of sulfonamides is 1. The van der Waals surface area contributed by atoms with Crippen LogP contribution in [0.2, 0.25) is 0 Å². The number of hydrogen-bond donors (Lipinski definition) is 1. The molecule has 2 aromatic rings. The standard InChI is InChI=1S/C14H17N3O3S2/c1-11(20-2)10-22(18,19)17-12-6-8-16-14(9-12)21-13-5-3-4-7-15-13/h3-9,11H,10H2,1-2H3,(H,16,17)/t11-/m1/s1. The Kier molecular flexibility index (Phi) is 5.76. The van der Waals surface area contributed by atoms with Gasteiger partial charge in [0.2, 0.25) is 10.0 Å². The first kappa shape index (κ1) is 16.7. The molecular weight excluding hydrogens is 322 g/mol. The van der Waals surface area contributed by atoms with Crippen LogP contribution < -0.4 is 4.72 Å². The highest BCUT2D eigenvalue weighted by Crippen LogP contribution is 2.25. The number of rotatable bonds is 7. The molecule has 0 amide bonds. The molecular formula is C14H17N3O3S2. The van der Waals surface area contributed by atoms with Crippen LogP contribution in [0, 0.1) is 0 Å². The minimum absolute atomic E-state index is 0.103. The van der Waals surface area contributed by atoms with Crippen LogP contribution >= 0.6 is 11.8 Å². The molecule has 22 heavy (non-hydrogen) atoms. The van der Waals surface area contributed by atoms with Gasteiger partial charge in [0.25, 0.3) is 0 Å². The van der Waals surface area contributed by atoms with E-state index in [1.165, 1.54) is 18.9 Å². The highest BCUT2D eigenvalue weighted by atomic mass is 32.2. The Morgan fingerprint density at radius 1 is 1.23 bits per heavy atom. The Balaban J connectivity index is 2.08. The van der Waals surface area contributed by atoms with Gasteiger partial charge in [0.05, 0.1) is 17.5 Å². The average molecular weight is 339 g/mol. The van der Waals surface area contributed by atoms with E-state index in [4.69, 9.17) is 4.74 Å². The van der Waals surface area contributed by atoms with Crippen LogP contribution in [-0.2, 0) is 14.8 Å². The van der Waals surface area contributed by atoms with E-state index in [1.807, 2.05) is 18.2 Å². The topological polar surface area (TPSA) is 81.2 Å². The second-order valence-corrected chi connectivity index (χ2v) is 7.39. The van der Waals surface area contributed by atoms with E-state index in [0.717, 1.165) is 5.03 Å². The second kappa shape index (κ2) is 7.57. The largest absolute Gasteiger partial charge is 0.381 e. The van der Waals surface area contributed by atoms with Crippen LogP contribution in [0.3, 0.4) is 0 Å². The minimum atomic E-state index is -3.46. The second-order valence-electron chi connectivity index (χ2n) is 4.58. The normalized spacial score (nSPS) is 12.8. The molecule has 0 bridgehead atoms. The van der Waals surface area contributed by atoms with Crippen molar-refractivity contribution >= 4 is 27.5 Å². The summed E-state index contributed by atoms with van der Waals surface area (Å²) in [6.07, 6.45) is 2.88. The summed E-state index contributed by atoms with van der Waals surface area (Å²) in [6, 6.07) is 8.86. The van der Waals surface area contributed by atoms with Crippen molar-refractivity contribution in [1.82, 2.24) is 9.97 Å². The van der Waals surface area contributed by atoms with Gasteiger partial charge in [0.15, 0.2) is 0 Å². The average Bonchev–Trinajstić information content (AvgIpc) is 2.47. The van der Waals surface area contributed by atoms with Crippen molar-refractivity contribution in [3.63, 3.8) is 0 Å². The lowest BCUT2D eigenvalue weighted by Crippen LogP contribution is -2.25. The van der Waals surface area contributed by atoms with E-state index in [9.17, 15) is 8.42 Å². The lowest BCUT2D eigenvalue weighted by molar-refractivity contribution is 0.136. The molecule has 0 saturated heterocycles. The molecule has 0 aromatic carbocycles. The van der Waals surface area contributed by atoms with Crippen molar-refractivity contribution in [2.75, 3.05) is 17.6 Å². The lowest BCUT2D eigenvalue weighted by atomic mass is 10.4. The number of methoxy groups -OCH3 is 1. The Hall–Kier alpha value is -1.64. The van der Waals surface area contributed by atoms with Gasteiger partial charge in [-0.3, -0.25) is 4.72 Å². The van der Waals surface area contributed by atoms with Crippen molar-refractivity contribution in [2.24, 2.45) is 0 Å². The molecule has 0 fully saturated rings. The van der Waals surface area contributed by atoms with Crippen LogP contribution in [0.1, 0.15) is 6.92 Å². The number of anilines is 1. The fourth-order valence-electron chi connectivity index (χ4n) is 1.64. The van der Waals surface area contributed by atoms with Crippen molar-refractivity contribution < 1.29 is 13.2 Å². The zero-order chi connectivity index (χ0) is 16.0. The number of nitrogens with one attached hydrogen (secondary N) is 1. The molecule has 0 radical (unpaired) electrons. The van der Waals surface area contributed by atoms with Gasteiger partial charge in [-0.25, -0.2) is 18.4 Å². The van der Waals surface area contributed by atoms with Gasteiger partial charge in [-0.2, -0.15) is 0 Å². The number of pyridine rings is 2. The molecule has 6 nitrogen and oxygen atoms in total. The van der Waals surface area contributed by atoms with Crippen LogP contribution in [-0.4, -0.2) is 37.4 Å². The molecule has 0 saturated carbocycles. The SMILES string of the molecule is CO[C@H](C)CS(=O)(=O)Nc1ccnc(Sc2ccccn2)c1. The Labute approximate surface area is 134 Å². The monoisotopic (exact) mass is 339 g/mol. The van der Waals surface area contributed by atoms with Crippen molar-refractivity contribution in [3.8, 4) is 0 Å². The van der Waals surface area contributed by atoms with Crippen molar-refractivity contribution in [1.29, 1.82) is 0 Å². The fraction of sp³-hybridized carbons (Fsp3) is 0.286. The van der Waals surface area contributed by atoms with Gasteiger partial charge in [0.1, 0.15) is 10.1 Å². The lowest BCUT2D eigenvalue weighted by Gasteiger charge is -2.12. The van der Waals surface area contributed by atoms with Crippen LogP contribution in [0.5, 0.6) is 0 Å². The van der Waals surface area contributed by atoms with E-state index < -0.39 is 10.0 Å². The first-order valence-corrected chi connectivity index (χ1v) is 9.03. The third kappa shape index (κ3) is 5.28. The summed E-state index contributed by atoms with van der Waals surface area (Å²) in [5.74, 6) is -0.103. The quantitative estimate of drug-likeness (QED) is 0.834. The molecule has 0 aliphatic heterocycles. The zero-order valence-corrected chi connectivity index (χ0v) is 13.9. The van der Waals surface area contributed by atoms with Gasteiger partial charge in [-0.15, -0.1) is 0 Å². The van der Waals surface area contributed by atoms with E-state index >= 15 is 0 Å². The van der Waals surface area contributed by atoms with Crippen LogP contribution in [0.25, 0.3) is 0 Å². The molecule has 2 aromatic heterocycles.